The smallest absolute Gasteiger partial charge is 0.0882 e. The average molecular weight is 113 g/mol. The van der Waals surface area contributed by atoms with Gasteiger partial charge in [0.2, 0.25) is 0 Å². The maximum Gasteiger partial charge on any atom is 0.0882 e. The van der Waals surface area contributed by atoms with Crippen LogP contribution in [0.5, 0.6) is 0 Å². The van der Waals surface area contributed by atoms with Crippen LogP contribution in [-0.2, 0) is 0 Å². The molecule has 0 fully saturated rings. The van der Waals surface area contributed by atoms with Gasteiger partial charge in [0.1, 0.15) is 0 Å². The molecular weight excluding hydrogens is 104 g/mol. The molecule has 0 rings (SSSR count). The van der Waals surface area contributed by atoms with Crippen molar-refractivity contribution in [2.75, 3.05) is 6.26 Å². The molecule has 0 amide bonds. The SMILES string of the molecule is CCC#C[CH]SC. The van der Waals surface area contributed by atoms with Crippen LogP contribution in [0.15, 0.2) is 0 Å². The Morgan fingerprint density at radius 1 is 1.71 bits per heavy atom. The van der Waals surface area contributed by atoms with Gasteiger partial charge < -0.3 is 0 Å². The molecule has 0 aliphatic heterocycles. The number of hydrogen-bond donors (Lipinski definition) is 0. The Morgan fingerprint density at radius 3 is 2.86 bits per heavy atom. The summed E-state index contributed by atoms with van der Waals surface area (Å²) in [6.07, 6.45) is 2.96. The molecule has 0 saturated heterocycles. The Bertz CT molecular complexity index is 75.9. The van der Waals surface area contributed by atoms with Crippen molar-refractivity contribution in [3.05, 3.63) is 5.75 Å². The van der Waals surface area contributed by atoms with Gasteiger partial charge in [-0.2, -0.15) is 0 Å². The van der Waals surface area contributed by atoms with Crippen molar-refractivity contribution in [2.24, 2.45) is 0 Å². The van der Waals surface area contributed by atoms with Crippen LogP contribution in [-0.4, -0.2) is 6.26 Å². The van der Waals surface area contributed by atoms with Crippen molar-refractivity contribution in [1.82, 2.24) is 0 Å². The van der Waals surface area contributed by atoms with Gasteiger partial charge in [-0.15, -0.1) is 17.7 Å². The Kier molecular flexibility index (Phi) is 5.83. The third kappa shape index (κ3) is 5.91. The van der Waals surface area contributed by atoms with E-state index in [-0.39, 0.29) is 0 Å². The first-order valence-corrected chi connectivity index (χ1v) is 3.53. The molecule has 39 valence electrons. The first-order chi connectivity index (χ1) is 3.41. The van der Waals surface area contributed by atoms with Gasteiger partial charge in [0.15, 0.2) is 0 Å². The van der Waals surface area contributed by atoms with Gasteiger partial charge in [0, 0.05) is 6.42 Å². The highest BCUT2D eigenvalue weighted by atomic mass is 32.2. The summed E-state index contributed by atoms with van der Waals surface area (Å²) in [5.74, 6) is 7.69. The van der Waals surface area contributed by atoms with E-state index < -0.39 is 0 Å². The fourth-order valence-corrected chi connectivity index (χ4v) is 0.404. The molecule has 0 atom stereocenters. The van der Waals surface area contributed by atoms with E-state index in [0.29, 0.717) is 0 Å². The molecule has 0 spiro atoms. The van der Waals surface area contributed by atoms with Crippen LogP contribution >= 0.6 is 11.8 Å². The van der Waals surface area contributed by atoms with E-state index in [4.69, 9.17) is 0 Å². The molecule has 0 aliphatic rings. The quantitative estimate of drug-likeness (QED) is 0.468. The maximum atomic E-state index is 2.92. The lowest BCUT2D eigenvalue weighted by atomic mass is 10.5. The van der Waals surface area contributed by atoms with Crippen LogP contribution in [0.25, 0.3) is 0 Å². The van der Waals surface area contributed by atoms with Crippen LogP contribution < -0.4 is 0 Å². The molecule has 0 aromatic heterocycles. The van der Waals surface area contributed by atoms with Gasteiger partial charge in [-0.25, -0.2) is 0 Å². The summed E-state index contributed by atoms with van der Waals surface area (Å²) in [5.41, 5.74) is 0. The average Bonchev–Trinajstić information content (AvgIpc) is 1.69. The highest BCUT2D eigenvalue weighted by Gasteiger charge is 1.66. The van der Waals surface area contributed by atoms with Crippen LogP contribution in [0.4, 0.5) is 0 Å². The minimum atomic E-state index is 0.955. The zero-order valence-corrected chi connectivity index (χ0v) is 5.51. The second kappa shape index (κ2) is 5.91. The third-order valence-electron chi connectivity index (χ3n) is 0.456. The zero-order chi connectivity index (χ0) is 5.54. The van der Waals surface area contributed by atoms with E-state index in [1.54, 1.807) is 11.8 Å². The van der Waals surface area contributed by atoms with Gasteiger partial charge in [0.05, 0.1) is 5.75 Å². The molecule has 1 heteroatoms. The number of hydrogen-bond acceptors (Lipinski definition) is 1. The second-order valence-electron chi connectivity index (χ2n) is 1.03. The van der Waals surface area contributed by atoms with Gasteiger partial charge in [-0.3, -0.25) is 0 Å². The first kappa shape index (κ1) is 6.91. The summed E-state index contributed by atoms with van der Waals surface area (Å²) >= 11 is 1.64. The van der Waals surface area contributed by atoms with E-state index in [0.717, 1.165) is 6.42 Å². The molecule has 0 aromatic rings. The van der Waals surface area contributed by atoms with Crippen LogP contribution in [0, 0.1) is 17.6 Å². The molecule has 0 N–H and O–H groups in total. The molecule has 0 aliphatic carbocycles. The lowest BCUT2D eigenvalue weighted by molar-refractivity contribution is 1.28. The summed E-state index contributed by atoms with van der Waals surface area (Å²) in [7, 11) is 0. The lowest BCUT2D eigenvalue weighted by Gasteiger charge is -1.73. The topological polar surface area (TPSA) is 0 Å². The predicted molar refractivity (Wildman–Crippen MR) is 35.9 cm³/mol. The Labute approximate surface area is 49.7 Å². The molecule has 0 unspecified atom stereocenters. The fourth-order valence-electron chi connectivity index (χ4n) is 0.203. The van der Waals surface area contributed by atoms with Crippen molar-refractivity contribution in [1.29, 1.82) is 0 Å². The minimum absolute atomic E-state index is 0.955. The lowest BCUT2D eigenvalue weighted by Crippen LogP contribution is -1.55. The molecule has 0 nitrogen and oxygen atoms in total. The van der Waals surface area contributed by atoms with E-state index in [1.165, 1.54) is 0 Å². The highest BCUT2D eigenvalue weighted by Crippen LogP contribution is 1.93. The van der Waals surface area contributed by atoms with E-state index in [2.05, 4.69) is 11.8 Å². The predicted octanol–water partition coefficient (Wildman–Crippen LogP) is 1.92. The summed E-state index contributed by atoms with van der Waals surface area (Å²) in [5, 5.41) is 0. The van der Waals surface area contributed by atoms with Crippen LogP contribution in [0.3, 0.4) is 0 Å². The van der Waals surface area contributed by atoms with E-state index in [1.807, 2.05) is 18.9 Å². The van der Waals surface area contributed by atoms with Crippen molar-refractivity contribution < 1.29 is 0 Å². The molecule has 0 aromatic carbocycles. The van der Waals surface area contributed by atoms with Gasteiger partial charge in [-0.1, -0.05) is 12.8 Å². The van der Waals surface area contributed by atoms with E-state index >= 15 is 0 Å². The summed E-state index contributed by atoms with van der Waals surface area (Å²) < 4.78 is 0. The third-order valence-corrected chi connectivity index (χ3v) is 0.809. The van der Waals surface area contributed by atoms with Crippen molar-refractivity contribution in [3.63, 3.8) is 0 Å². The molecule has 1 radical (unpaired) electrons. The molecular formula is C6H9S. The minimum Gasteiger partial charge on any atom is -0.147 e. The second-order valence-corrected chi connectivity index (χ2v) is 1.74. The molecule has 7 heavy (non-hydrogen) atoms. The highest BCUT2D eigenvalue weighted by molar-refractivity contribution is 8.00. The van der Waals surface area contributed by atoms with Gasteiger partial charge >= 0.3 is 0 Å². The van der Waals surface area contributed by atoms with Gasteiger partial charge in [0.25, 0.3) is 0 Å². The van der Waals surface area contributed by atoms with Crippen molar-refractivity contribution in [3.8, 4) is 11.8 Å². The number of rotatable bonds is 1. The molecule has 0 heterocycles. The normalized spacial score (nSPS) is 7.14. The monoisotopic (exact) mass is 113 g/mol. The zero-order valence-electron chi connectivity index (χ0n) is 4.69. The Balaban J connectivity index is 2.91. The van der Waals surface area contributed by atoms with Crippen molar-refractivity contribution in [2.45, 2.75) is 13.3 Å². The molecule has 0 saturated carbocycles. The first-order valence-electron chi connectivity index (χ1n) is 2.24. The van der Waals surface area contributed by atoms with Crippen molar-refractivity contribution >= 4 is 11.8 Å². The summed E-state index contributed by atoms with van der Waals surface area (Å²) in [6, 6.07) is 0. The van der Waals surface area contributed by atoms with Crippen LogP contribution in [0.1, 0.15) is 13.3 Å². The fraction of sp³-hybridized carbons (Fsp3) is 0.500. The Morgan fingerprint density at radius 2 is 2.43 bits per heavy atom. The Hall–Kier alpha value is -0.0900. The number of thioether (sulfide) groups is 1. The maximum absolute atomic E-state index is 2.92. The standard InChI is InChI=1S/C6H9S/c1-3-4-5-6-7-2/h6H,3H2,1-2H3. The van der Waals surface area contributed by atoms with Gasteiger partial charge in [-0.05, 0) is 6.26 Å². The summed E-state index contributed by atoms with van der Waals surface area (Å²) in [6.45, 7) is 2.04. The van der Waals surface area contributed by atoms with Crippen LogP contribution in [0.2, 0.25) is 0 Å². The largest absolute Gasteiger partial charge is 0.147 e. The summed E-state index contributed by atoms with van der Waals surface area (Å²) in [4.78, 5) is 0. The molecule has 0 bridgehead atoms. The van der Waals surface area contributed by atoms with E-state index in [9.17, 15) is 0 Å².